The molecule has 0 rings (SSSR count). The van der Waals surface area contributed by atoms with Gasteiger partial charge in [-0.25, -0.2) is 0 Å². The van der Waals surface area contributed by atoms with Crippen LogP contribution >= 0.6 is 0 Å². The Morgan fingerprint density at radius 1 is 0.692 bits per heavy atom. The number of hydrogen-bond acceptors (Lipinski definition) is 2. The molecular formula is C11H9F13O2. The third-order valence-corrected chi connectivity index (χ3v) is 2.95. The minimum Gasteiger partial charge on any atom is -0.466 e. The average molecular weight is 420 g/mol. The van der Waals surface area contributed by atoms with Gasteiger partial charge in [0.25, 0.3) is 0 Å². The zero-order valence-corrected chi connectivity index (χ0v) is 12.4. The second kappa shape index (κ2) is 6.94. The SMILES string of the molecule is CCOC(=O)CCC(F)(F)C(F)(F)C(F)(F)C(F)(F)C(F)(F)C(F)(F)F. The molecule has 0 fully saturated rings. The van der Waals surface area contributed by atoms with Crippen LogP contribution in [0.1, 0.15) is 19.8 Å². The molecule has 0 aliphatic carbocycles. The first-order chi connectivity index (χ1) is 11.2. The van der Waals surface area contributed by atoms with E-state index in [9.17, 15) is 61.9 Å². The van der Waals surface area contributed by atoms with Gasteiger partial charge in [-0.3, -0.25) is 4.79 Å². The van der Waals surface area contributed by atoms with Crippen molar-refractivity contribution >= 4 is 5.97 Å². The quantitative estimate of drug-likeness (QED) is 0.405. The predicted molar refractivity (Wildman–Crippen MR) is 56.7 cm³/mol. The van der Waals surface area contributed by atoms with Crippen LogP contribution in [-0.4, -0.2) is 48.4 Å². The van der Waals surface area contributed by atoms with Crippen molar-refractivity contribution in [1.29, 1.82) is 0 Å². The van der Waals surface area contributed by atoms with Crippen molar-refractivity contribution in [2.45, 2.75) is 55.6 Å². The van der Waals surface area contributed by atoms with E-state index in [1.807, 2.05) is 0 Å². The normalized spacial score (nSPS) is 15.2. The number of carbonyl (C=O) groups is 1. The van der Waals surface area contributed by atoms with Crippen LogP contribution in [0.4, 0.5) is 57.1 Å². The first-order valence-electron chi connectivity index (χ1n) is 6.32. The predicted octanol–water partition coefficient (Wildman–Crippen LogP) is 5.07. The lowest BCUT2D eigenvalue weighted by atomic mass is 9.92. The fraction of sp³-hybridized carbons (Fsp3) is 0.909. The Kier molecular flexibility index (Phi) is 6.56. The van der Waals surface area contributed by atoms with E-state index in [1.54, 1.807) is 0 Å². The summed E-state index contributed by atoms with van der Waals surface area (Å²) in [6.45, 7) is 0.658. The zero-order valence-electron chi connectivity index (χ0n) is 12.4. The Balaban J connectivity index is 5.89. The van der Waals surface area contributed by atoms with Crippen molar-refractivity contribution < 1.29 is 66.6 Å². The molecule has 15 heteroatoms. The second-order valence-electron chi connectivity index (χ2n) is 4.80. The summed E-state index contributed by atoms with van der Waals surface area (Å²) in [6.07, 6.45) is -11.8. The summed E-state index contributed by atoms with van der Waals surface area (Å²) in [5.41, 5.74) is 0. The van der Waals surface area contributed by atoms with Crippen LogP contribution in [0.2, 0.25) is 0 Å². The third kappa shape index (κ3) is 3.80. The Labute approximate surface area is 136 Å². The highest BCUT2D eigenvalue weighted by molar-refractivity contribution is 5.69. The third-order valence-electron chi connectivity index (χ3n) is 2.95. The molecule has 0 amide bonds. The number of rotatable bonds is 8. The molecule has 0 aromatic heterocycles. The molecule has 26 heavy (non-hydrogen) atoms. The number of alkyl halides is 13. The molecule has 2 nitrogen and oxygen atoms in total. The van der Waals surface area contributed by atoms with Gasteiger partial charge in [0.1, 0.15) is 0 Å². The maximum atomic E-state index is 13.2. The first-order valence-corrected chi connectivity index (χ1v) is 6.32. The van der Waals surface area contributed by atoms with Gasteiger partial charge in [-0.05, 0) is 6.92 Å². The summed E-state index contributed by atoms with van der Waals surface area (Å²) in [7, 11) is 0. The van der Waals surface area contributed by atoms with Gasteiger partial charge in [-0.15, -0.1) is 0 Å². The number of esters is 1. The summed E-state index contributed by atoms with van der Waals surface area (Å²) < 4.78 is 169. The highest BCUT2D eigenvalue weighted by atomic mass is 19.4. The largest absolute Gasteiger partial charge is 0.466 e. The molecular weight excluding hydrogens is 411 g/mol. The summed E-state index contributed by atoms with van der Waals surface area (Å²) in [5.74, 6) is -38.8. The molecule has 0 aromatic carbocycles. The molecule has 0 saturated heterocycles. The summed E-state index contributed by atoms with van der Waals surface area (Å²) in [5, 5.41) is 0. The second-order valence-corrected chi connectivity index (χ2v) is 4.80. The number of halogens is 13. The highest BCUT2D eigenvalue weighted by Gasteiger charge is 2.90. The van der Waals surface area contributed by atoms with Gasteiger partial charge in [0, 0.05) is 6.42 Å². The minimum absolute atomic E-state index is 0.465. The number of carbonyl (C=O) groups excluding carboxylic acids is 1. The maximum Gasteiger partial charge on any atom is 0.460 e. The molecule has 0 unspecified atom stereocenters. The van der Waals surface area contributed by atoms with E-state index in [0.29, 0.717) is 0 Å². The van der Waals surface area contributed by atoms with Gasteiger partial charge in [0.2, 0.25) is 0 Å². The smallest absolute Gasteiger partial charge is 0.460 e. The Bertz CT molecular complexity index is 509. The van der Waals surface area contributed by atoms with E-state index in [1.165, 1.54) is 0 Å². The van der Waals surface area contributed by atoms with Crippen LogP contribution in [0, 0.1) is 0 Å². The van der Waals surface area contributed by atoms with Gasteiger partial charge in [0.15, 0.2) is 0 Å². The van der Waals surface area contributed by atoms with Gasteiger partial charge in [-0.1, -0.05) is 0 Å². The lowest BCUT2D eigenvalue weighted by molar-refractivity contribution is -0.440. The molecule has 0 aliphatic rings. The van der Waals surface area contributed by atoms with E-state index >= 15 is 0 Å². The Hall–Kier alpha value is -1.44. The fourth-order valence-corrected chi connectivity index (χ4v) is 1.45. The van der Waals surface area contributed by atoms with Crippen molar-refractivity contribution in [2.75, 3.05) is 6.61 Å². The van der Waals surface area contributed by atoms with Crippen LogP contribution in [0.3, 0.4) is 0 Å². The highest BCUT2D eigenvalue weighted by Crippen LogP contribution is 2.60. The standard InChI is InChI=1S/C11H9F13O2/c1-2-26-5(25)3-4-6(12,13)7(14,15)8(16,17)9(18,19)10(20,21)11(22,23)24/h2-4H2,1H3. The van der Waals surface area contributed by atoms with Gasteiger partial charge in [0.05, 0.1) is 13.0 Å². The van der Waals surface area contributed by atoms with Crippen LogP contribution in [0.5, 0.6) is 0 Å². The summed E-state index contributed by atoms with van der Waals surface area (Å²) in [4.78, 5) is 10.7. The van der Waals surface area contributed by atoms with E-state index in [2.05, 4.69) is 4.74 Å². The number of ether oxygens (including phenoxy) is 1. The zero-order chi connectivity index (χ0) is 21.4. The Morgan fingerprint density at radius 2 is 1.08 bits per heavy atom. The maximum absolute atomic E-state index is 13.2. The molecule has 0 saturated carbocycles. The van der Waals surface area contributed by atoms with Crippen LogP contribution in [-0.2, 0) is 9.53 Å². The topological polar surface area (TPSA) is 26.3 Å². The summed E-state index contributed by atoms with van der Waals surface area (Å²) in [6, 6.07) is 0. The molecule has 0 N–H and O–H groups in total. The fourth-order valence-electron chi connectivity index (χ4n) is 1.45. The molecule has 0 heterocycles. The van der Waals surface area contributed by atoms with Crippen molar-refractivity contribution in [3.8, 4) is 0 Å². The van der Waals surface area contributed by atoms with Crippen LogP contribution in [0.25, 0.3) is 0 Å². The van der Waals surface area contributed by atoms with Gasteiger partial charge in [-0.2, -0.15) is 57.1 Å². The molecule has 0 aromatic rings. The molecule has 0 aliphatic heterocycles. The Morgan fingerprint density at radius 3 is 1.42 bits per heavy atom. The summed E-state index contributed by atoms with van der Waals surface area (Å²) >= 11 is 0. The van der Waals surface area contributed by atoms with Crippen LogP contribution in [0.15, 0.2) is 0 Å². The lowest BCUT2D eigenvalue weighted by Crippen LogP contribution is -2.70. The van der Waals surface area contributed by atoms with E-state index in [-0.39, 0.29) is 0 Å². The average Bonchev–Trinajstić information content (AvgIpc) is 2.43. The van der Waals surface area contributed by atoms with E-state index in [4.69, 9.17) is 0 Å². The number of hydrogen-bond donors (Lipinski definition) is 0. The van der Waals surface area contributed by atoms with Crippen molar-refractivity contribution in [3.63, 3.8) is 0 Å². The van der Waals surface area contributed by atoms with Crippen LogP contribution < -0.4 is 0 Å². The van der Waals surface area contributed by atoms with Crippen molar-refractivity contribution in [3.05, 3.63) is 0 Å². The lowest BCUT2D eigenvalue weighted by Gasteiger charge is -2.39. The van der Waals surface area contributed by atoms with Crippen molar-refractivity contribution in [1.82, 2.24) is 0 Å². The monoisotopic (exact) mass is 420 g/mol. The first kappa shape index (κ1) is 24.6. The molecule has 0 spiro atoms. The van der Waals surface area contributed by atoms with E-state index in [0.717, 1.165) is 6.92 Å². The minimum atomic E-state index is -7.94. The molecule has 0 radical (unpaired) electrons. The molecule has 0 atom stereocenters. The van der Waals surface area contributed by atoms with E-state index < -0.39 is 61.2 Å². The van der Waals surface area contributed by atoms with Gasteiger partial charge < -0.3 is 4.74 Å². The van der Waals surface area contributed by atoms with Gasteiger partial charge >= 0.3 is 41.8 Å². The van der Waals surface area contributed by atoms with Crippen molar-refractivity contribution in [2.24, 2.45) is 0 Å². The molecule has 156 valence electrons. The molecule has 0 bridgehead atoms.